The third-order valence-electron chi connectivity index (χ3n) is 8.51. The van der Waals surface area contributed by atoms with E-state index in [2.05, 4.69) is 21.4 Å². The highest BCUT2D eigenvalue weighted by Gasteiger charge is 2.61. The van der Waals surface area contributed by atoms with Gasteiger partial charge in [0.2, 0.25) is 12.7 Å². The van der Waals surface area contributed by atoms with Gasteiger partial charge in [0, 0.05) is 22.5 Å². The number of carbonyl (C=O) groups is 4. The molecule has 2 amide bonds. The van der Waals surface area contributed by atoms with Crippen molar-refractivity contribution in [3.8, 4) is 11.8 Å². The zero-order valence-corrected chi connectivity index (χ0v) is 30.2. The van der Waals surface area contributed by atoms with Gasteiger partial charge in [-0.05, 0) is 60.7 Å². The lowest BCUT2D eigenvalue weighted by Crippen LogP contribution is -2.45. The van der Waals surface area contributed by atoms with E-state index >= 15 is 8.78 Å². The summed E-state index contributed by atoms with van der Waals surface area (Å²) in [7, 11) is 1.28. The number of carboxylic acids is 1. The second kappa shape index (κ2) is 16.1. The second-order valence-corrected chi connectivity index (χ2v) is 14.1. The number of carboxylic acid groups (broad SMARTS) is 1. The minimum absolute atomic E-state index is 0.00163. The van der Waals surface area contributed by atoms with Gasteiger partial charge < -0.3 is 35.3 Å². The van der Waals surface area contributed by atoms with Crippen molar-refractivity contribution in [2.45, 2.75) is 63.6 Å². The first-order chi connectivity index (χ1) is 24.4. The van der Waals surface area contributed by atoms with Crippen LogP contribution in [0.3, 0.4) is 0 Å². The molecule has 3 aromatic rings. The van der Waals surface area contributed by atoms with Crippen molar-refractivity contribution in [2.75, 3.05) is 19.2 Å². The van der Waals surface area contributed by atoms with Crippen molar-refractivity contribution in [1.29, 1.82) is 5.26 Å². The zero-order valence-electron chi connectivity index (χ0n) is 28.7. The first-order valence-corrected chi connectivity index (χ1v) is 16.6. The molecule has 4 N–H and O–H groups in total. The van der Waals surface area contributed by atoms with Crippen LogP contribution in [0.1, 0.15) is 61.5 Å². The molecule has 0 radical (unpaired) electrons. The Hall–Kier alpha value is -4.97. The number of aliphatic carboxylic acids is 1. The van der Waals surface area contributed by atoms with E-state index in [1.807, 2.05) is 26.1 Å². The highest BCUT2D eigenvalue weighted by molar-refractivity contribution is 6.31. The summed E-state index contributed by atoms with van der Waals surface area (Å²) in [6.45, 7) is 6.11. The number of esters is 1. The number of methoxy groups -OCH3 is 1. The van der Waals surface area contributed by atoms with Crippen LogP contribution >= 0.6 is 23.2 Å². The maximum atomic E-state index is 16.0. The molecular weight excluding hydrogens is 725 g/mol. The topological polar surface area (TPSA) is 176 Å². The predicted molar refractivity (Wildman–Crippen MR) is 186 cm³/mol. The van der Waals surface area contributed by atoms with E-state index in [9.17, 15) is 24.4 Å². The molecule has 3 aromatic carbocycles. The van der Waals surface area contributed by atoms with Crippen LogP contribution in [0.4, 0.5) is 19.3 Å². The van der Waals surface area contributed by atoms with Gasteiger partial charge in [-0.3, -0.25) is 9.59 Å². The highest BCUT2D eigenvalue weighted by Crippen LogP contribution is 2.53. The van der Waals surface area contributed by atoms with E-state index < -0.39 is 77.2 Å². The molecule has 1 fully saturated rings. The Balaban J connectivity index is 1.70. The molecule has 0 spiro atoms. The molecule has 0 bridgehead atoms. The Labute approximate surface area is 308 Å². The Bertz CT molecular complexity index is 1920. The van der Waals surface area contributed by atoms with E-state index in [-0.39, 0.29) is 44.6 Å². The number of carbonyl (C=O) groups excluding carboxylic acids is 3. The van der Waals surface area contributed by atoms with Crippen LogP contribution in [0, 0.1) is 28.4 Å². The van der Waals surface area contributed by atoms with Crippen LogP contribution in [-0.4, -0.2) is 61.1 Å². The number of alkyl carbamates (subject to hydrolysis) is 1. The predicted octanol–water partition coefficient (Wildman–Crippen LogP) is 6.55. The smallest absolute Gasteiger partial charge is 0.410 e. The summed E-state index contributed by atoms with van der Waals surface area (Å²) < 4.78 is 46.9. The van der Waals surface area contributed by atoms with Gasteiger partial charge in [0.05, 0.1) is 35.5 Å². The molecule has 0 unspecified atom stereocenters. The first kappa shape index (κ1) is 39.8. The molecule has 1 aliphatic rings. The number of ether oxygens (including phenoxy) is 3. The van der Waals surface area contributed by atoms with Crippen molar-refractivity contribution in [2.24, 2.45) is 5.41 Å². The summed E-state index contributed by atoms with van der Waals surface area (Å²) in [5.41, 5.74) is -2.47. The number of amides is 2. The summed E-state index contributed by atoms with van der Waals surface area (Å²) in [5, 5.41) is 27.7. The van der Waals surface area contributed by atoms with Crippen LogP contribution in [0.15, 0.2) is 54.6 Å². The second-order valence-electron chi connectivity index (χ2n) is 13.3. The summed E-state index contributed by atoms with van der Waals surface area (Å²) in [6, 6.07) is 10.7. The average molecular weight is 762 g/mol. The summed E-state index contributed by atoms with van der Waals surface area (Å²) in [6.07, 6.45) is -0.867. The Kier molecular flexibility index (Phi) is 12.4. The van der Waals surface area contributed by atoms with Crippen LogP contribution in [0.2, 0.25) is 10.0 Å². The number of hydrogen-bond donors (Lipinski definition) is 4. The molecule has 1 heterocycles. The van der Waals surface area contributed by atoms with Crippen LogP contribution in [-0.2, 0) is 24.5 Å². The van der Waals surface area contributed by atoms with Crippen LogP contribution in [0.5, 0.6) is 5.75 Å². The maximum absolute atomic E-state index is 16.0. The van der Waals surface area contributed by atoms with Gasteiger partial charge in [-0.15, -0.1) is 0 Å². The largest absolute Gasteiger partial charge is 0.495 e. The lowest BCUT2D eigenvalue weighted by molar-refractivity contribution is -0.139. The molecule has 0 aromatic heterocycles. The standard InChI is InChI=1S/C36H36Cl2F2N4O8/c1-18(32(46)47)42-34(49)52-17-51-33(48)19-9-12-25(26(13-19)50-5)43-31(45)30-28(21-7-6-8-23(38)29(21)40)36(16-41,27(44-30)15-35(2,3)4)22-11-10-20(37)14-24(22)39/h6-14,18,27-28,30,44H,15,17H2,1-5H3,(H,42,49)(H,43,45)(H,46,47)/t18-,27-,28-,30+,36-/m0/s1. The number of nitrogens with one attached hydrogen (secondary N) is 3. The normalized spacial score (nSPS) is 20.3. The molecule has 5 atom stereocenters. The summed E-state index contributed by atoms with van der Waals surface area (Å²) >= 11 is 12.3. The molecular formula is C36H36Cl2F2N4O8. The van der Waals surface area contributed by atoms with Gasteiger partial charge >= 0.3 is 18.0 Å². The lowest BCUT2D eigenvalue weighted by Gasteiger charge is -2.37. The first-order valence-electron chi connectivity index (χ1n) is 15.8. The van der Waals surface area contributed by atoms with Crippen molar-refractivity contribution in [3.63, 3.8) is 0 Å². The maximum Gasteiger partial charge on any atom is 0.410 e. The number of hydrogen-bond acceptors (Lipinski definition) is 9. The number of halogens is 4. The van der Waals surface area contributed by atoms with Crippen molar-refractivity contribution >= 4 is 52.8 Å². The molecule has 1 saturated heterocycles. The minimum atomic E-state index is -1.85. The fraction of sp³-hybridized carbons (Fsp3) is 0.361. The molecule has 1 aliphatic heterocycles. The SMILES string of the molecule is COc1cc(C(=O)OCOC(=O)N[C@@H](C)C(=O)O)ccc1NC(=O)[C@@H]1N[C@@H](CC(C)(C)C)[C@](C#N)(c2ccc(Cl)cc2F)[C@H]1c1cccc(Cl)c1F. The third kappa shape index (κ3) is 8.55. The van der Waals surface area contributed by atoms with E-state index in [0.717, 1.165) is 6.07 Å². The van der Waals surface area contributed by atoms with E-state index in [1.165, 1.54) is 62.6 Å². The van der Waals surface area contributed by atoms with Gasteiger partial charge in [-0.2, -0.15) is 5.26 Å². The molecule has 276 valence electrons. The van der Waals surface area contributed by atoms with Crippen molar-refractivity contribution in [3.05, 3.63) is 93.0 Å². The van der Waals surface area contributed by atoms with Gasteiger partial charge in [0.15, 0.2) is 0 Å². The van der Waals surface area contributed by atoms with E-state index in [4.69, 9.17) is 37.8 Å². The average Bonchev–Trinajstić information content (AvgIpc) is 3.38. The minimum Gasteiger partial charge on any atom is -0.495 e. The number of rotatable bonds is 11. The van der Waals surface area contributed by atoms with Gasteiger partial charge in [-0.25, -0.2) is 18.4 Å². The summed E-state index contributed by atoms with van der Waals surface area (Å²) in [4.78, 5) is 49.6. The number of nitrogens with zero attached hydrogens (tertiary/aromatic N) is 1. The van der Waals surface area contributed by atoms with Gasteiger partial charge in [-0.1, -0.05) is 62.2 Å². The number of benzene rings is 3. The van der Waals surface area contributed by atoms with Gasteiger partial charge in [0.25, 0.3) is 0 Å². The third-order valence-corrected chi connectivity index (χ3v) is 9.04. The molecule has 0 aliphatic carbocycles. The molecule has 16 heteroatoms. The van der Waals surface area contributed by atoms with Gasteiger partial charge in [0.1, 0.15) is 28.8 Å². The Morgan fingerprint density at radius 3 is 2.40 bits per heavy atom. The Morgan fingerprint density at radius 2 is 1.79 bits per heavy atom. The Morgan fingerprint density at radius 1 is 1.08 bits per heavy atom. The van der Waals surface area contributed by atoms with Crippen LogP contribution < -0.4 is 20.7 Å². The van der Waals surface area contributed by atoms with Crippen molar-refractivity contribution in [1.82, 2.24) is 10.6 Å². The monoisotopic (exact) mass is 760 g/mol. The van der Waals surface area contributed by atoms with Crippen molar-refractivity contribution < 1.29 is 47.3 Å². The lowest BCUT2D eigenvalue weighted by atomic mass is 9.62. The number of anilines is 1. The molecule has 12 nitrogen and oxygen atoms in total. The quantitative estimate of drug-likeness (QED) is 0.124. The number of nitriles is 1. The summed E-state index contributed by atoms with van der Waals surface area (Å²) in [5.74, 6) is -5.99. The molecule has 52 heavy (non-hydrogen) atoms. The highest BCUT2D eigenvalue weighted by atomic mass is 35.5. The fourth-order valence-corrected chi connectivity index (χ4v) is 6.53. The van der Waals surface area contributed by atoms with E-state index in [0.29, 0.717) is 0 Å². The molecule has 4 rings (SSSR count). The van der Waals surface area contributed by atoms with Crippen LogP contribution in [0.25, 0.3) is 0 Å². The van der Waals surface area contributed by atoms with E-state index in [1.54, 1.807) is 0 Å². The zero-order chi connectivity index (χ0) is 38.5. The molecule has 0 saturated carbocycles. The fourth-order valence-electron chi connectivity index (χ4n) is 6.19.